The predicted octanol–water partition coefficient (Wildman–Crippen LogP) is 2.35. The highest BCUT2D eigenvalue weighted by molar-refractivity contribution is 5.88. The van der Waals surface area contributed by atoms with E-state index < -0.39 is 6.03 Å². The van der Waals surface area contributed by atoms with Gasteiger partial charge in [0.05, 0.1) is 18.1 Å². The maximum atomic E-state index is 11.0. The van der Waals surface area contributed by atoms with Crippen LogP contribution in [0.1, 0.15) is 24.3 Å². The fourth-order valence-electron chi connectivity index (χ4n) is 3.36. The summed E-state index contributed by atoms with van der Waals surface area (Å²) in [4.78, 5) is 15.6. The molecule has 1 aliphatic rings. The second-order valence-electron chi connectivity index (χ2n) is 6.30. The van der Waals surface area contributed by atoms with Crippen LogP contribution in [-0.2, 0) is 0 Å². The Labute approximate surface area is 145 Å². The number of hydrogen-bond acceptors (Lipinski definition) is 4. The van der Waals surface area contributed by atoms with Gasteiger partial charge in [-0.3, -0.25) is 0 Å². The van der Waals surface area contributed by atoms with Crippen molar-refractivity contribution in [3.8, 4) is 11.3 Å². The van der Waals surface area contributed by atoms with Crippen molar-refractivity contribution in [1.29, 1.82) is 0 Å². The van der Waals surface area contributed by atoms with Crippen molar-refractivity contribution in [3.63, 3.8) is 0 Å². The molecule has 1 aliphatic heterocycles. The zero-order valence-corrected chi connectivity index (χ0v) is 13.8. The second kappa shape index (κ2) is 6.52. The Hall–Kier alpha value is -2.93. The zero-order valence-electron chi connectivity index (χ0n) is 13.8. The Morgan fingerprint density at radius 2 is 2.08 bits per heavy atom. The number of carbonyl (C=O) groups is 1. The van der Waals surface area contributed by atoms with E-state index in [0.29, 0.717) is 11.6 Å². The van der Waals surface area contributed by atoms with Gasteiger partial charge < -0.3 is 16.4 Å². The van der Waals surface area contributed by atoms with E-state index in [2.05, 4.69) is 26.8 Å². The van der Waals surface area contributed by atoms with Crippen molar-refractivity contribution >= 4 is 17.4 Å². The normalized spacial score (nSPS) is 15.4. The topological polar surface area (TPSA) is 97.3 Å². The summed E-state index contributed by atoms with van der Waals surface area (Å²) in [5.74, 6) is 0.544. The minimum Gasteiger partial charge on any atom is -0.351 e. The molecule has 0 unspecified atom stereocenters. The van der Waals surface area contributed by atoms with Gasteiger partial charge in [-0.25, -0.2) is 14.3 Å². The number of rotatable bonds is 3. The third-order valence-electron chi connectivity index (χ3n) is 4.62. The molecule has 3 aromatic rings. The van der Waals surface area contributed by atoms with E-state index in [1.165, 1.54) is 5.56 Å². The van der Waals surface area contributed by atoms with E-state index in [1.807, 2.05) is 28.9 Å². The maximum absolute atomic E-state index is 11.0. The third kappa shape index (κ3) is 3.18. The number of nitrogens with two attached hydrogens (primary N) is 1. The van der Waals surface area contributed by atoms with Gasteiger partial charge >= 0.3 is 6.03 Å². The number of benzene rings is 1. The van der Waals surface area contributed by atoms with Crippen LogP contribution in [0.5, 0.6) is 0 Å². The van der Waals surface area contributed by atoms with Crippen molar-refractivity contribution < 1.29 is 4.79 Å². The van der Waals surface area contributed by atoms with E-state index in [9.17, 15) is 4.79 Å². The predicted molar refractivity (Wildman–Crippen MR) is 96.5 cm³/mol. The first kappa shape index (κ1) is 15.6. The van der Waals surface area contributed by atoms with Gasteiger partial charge in [0.15, 0.2) is 5.65 Å². The van der Waals surface area contributed by atoms with Crippen LogP contribution >= 0.6 is 0 Å². The largest absolute Gasteiger partial charge is 0.351 e. The molecular weight excluding hydrogens is 316 g/mol. The van der Waals surface area contributed by atoms with Gasteiger partial charge in [0.1, 0.15) is 0 Å². The molecule has 4 N–H and O–H groups in total. The number of imidazole rings is 1. The number of piperidine rings is 1. The number of fused-ring (bicyclic) bond motifs is 1. The van der Waals surface area contributed by atoms with Crippen LogP contribution < -0.4 is 16.4 Å². The molecule has 4 rings (SSSR count). The second-order valence-corrected chi connectivity index (χ2v) is 6.30. The lowest BCUT2D eigenvalue weighted by Crippen LogP contribution is -2.26. The van der Waals surface area contributed by atoms with Crippen LogP contribution in [0.4, 0.5) is 10.5 Å². The van der Waals surface area contributed by atoms with Gasteiger partial charge in [-0.1, -0.05) is 12.1 Å². The molecule has 2 amide bonds. The van der Waals surface area contributed by atoms with Crippen LogP contribution in [0, 0.1) is 0 Å². The quantitative estimate of drug-likeness (QED) is 0.684. The molecule has 0 aliphatic carbocycles. The molecule has 1 aromatic carbocycles. The van der Waals surface area contributed by atoms with Gasteiger partial charge in [-0.05, 0) is 55.6 Å². The van der Waals surface area contributed by atoms with E-state index in [4.69, 9.17) is 5.73 Å². The van der Waals surface area contributed by atoms with Gasteiger partial charge in [0.25, 0.3) is 0 Å². The van der Waals surface area contributed by atoms with Crippen LogP contribution in [0.25, 0.3) is 16.9 Å². The summed E-state index contributed by atoms with van der Waals surface area (Å²) in [5, 5.41) is 10.6. The van der Waals surface area contributed by atoms with Crippen molar-refractivity contribution in [1.82, 2.24) is 19.9 Å². The van der Waals surface area contributed by atoms with Crippen molar-refractivity contribution in [2.75, 3.05) is 18.4 Å². The number of hydrogen-bond donors (Lipinski definition) is 3. The standard InChI is InChI=1S/C18H20N6O/c19-18(25)23-15-3-1-2-13(8-15)16-11-21-17-9-14(10-22-24(16)17)12-4-6-20-7-5-12/h1-3,8-12,20H,4-7H2,(H3,19,23,25). The third-order valence-corrected chi connectivity index (χ3v) is 4.62. The fraction of sp³-hybridized carbons (Fsp3) is 0.278. The summed E-state index contributed by atoms with van der Waals surface area (Å²) in [5.41, 5.74) is 9.70. The molecular formula is C18H20N6O. The molecule has 1 saturated heterocycles. The van der Waals surface area contributed by atoms with Crippen molar-refractivity contribution in [2.24, 2.45) is 5.73 Å². The molecule has 0 bridgehead atoms. The summed E-state index contributed by atoms with van der Waals surface area (Å²) in [6.07, 6.45) is 6.01. The Morgan fingerprint density at radius 1 is 1.24 bits per heavy atom. The number of aromatic nitrogens is 3. The minimum absolute atomic E-state index is 0.544. The van der Waals surface area contributed by atoms with E-state index in [1.54, 1.807) is 12.3 Å². The molecule has 1 fully saturated rings. The Balaban J connectivity index is 1.68. The average Bonchev–Trinajstić information content (AvgIpc) is 3.05. The number of nitrogens with zero attached hydrogens (tertiary/aromatic N) is 3. The molecule has 0 spiro atoms. The first-order chi connectivity index (χ1) is 12.2. The molecule has 2 aromatic heterocycles. The monoisotopic (exact) mass is 336 g/mol. The summed E-state index contributed by atoms with van der Waals surface area (Å²) >= 11 is 0. The number of amides is 2. The summed E-state index contributed by atoms with van der Waals surface area (Å²) < 4.78 is 1.83. The lowest BCUT2D eigenvalue weighted by Gasteiger charge is -2.22. The molecule has 0 atom stereocenters. The first-order valence-corrected chi connectivity index (χ1v) is 8.42. The van der Waals surface area contributed by atoms with Crippen LogP contribution in [0.2, 0.25) is 0 Å². The van der Waals surface area contributed by atoms with Crippen molar-refractivity contribution in [2.45, 2.75) is 18.8 Å². The van der Waals surface area contributed by atoms with E-state index >= 15 is 0 Å². The van der Waals surface area contributed by atoms with Crippen LogP contribution in [0.15, 0.2) is 42.7 Å². The molecule has 7 heteroatoms. The number of primary amides is 1. The smallest absolute Gasteiger partial charge is 0.316 e. The number of urea groups is 1. The van der Waals surface area contributed by atoms with Crippen LogP contribution in [-0.4, -0.2) is 33.7 Å². The molecule has 3 heterocycles. The fourth-order valence-corrected chi connectivity index (χ4v) is 3.36. The number of anilines is 1. The van der Waals surface area contributed by atoms with Gasteiger partial charge in [0.2, 0.25) is 0 Å². The molecule has 25 heavy (non-hydrogen) atoms. The molecule has 7 nitrogen and oxygen atoms in total. The molecule has 128 valence electrons. The highest BCUT2D eigenvalue weighted by Crippen LogP contribution is 2.27. The van der Waals surface area contributed by atoms with Crippen molar-refractivity contribution in [3.05, 3.63) is 48.3 Å². The highest BCUT2D eigenvalue weighted by Gasteiger charge is 2.17. The average molecular weight is 336 g/mol. The minimum atomic E-state index is -0.583. The van der Waals surface area contributed by atoms with E-state index in [-0.39, 0.29) is 0 Å². The summed E-state index contributed by atoms with van der Waals surface area (Å²) in [6.45, 7) is 2.10. The highest BCUT2D eigenvalue weighted by atomic mass is 16.2. The van der Waals surface area contributed by atoms with Crippen LogP contribution in [0.3, 0.4) is 0 Å². The number of nitrogens with one attached hydrogen (secondary N) is 2. The summed E-state index contributed by atoms with van der Waals surface area (Å²) in [6, 6.07) is 9.01. The summed E-state index contributed by atoms with van der Waals surface area (Å²) in [7, 11) is 0. The van der Waals surface area contributed by atoms with Gasteiger partial charge in [0, 0.05) is 11.3 Å². The van der Waals surface area contributed by atoms with Gasteiger partial charge in [-0.2, -0.15) is 5.10 Å². The Bertz CT molecular complexity index is 913. The Morgan fingerprint density at radius 3 is 2.88 bits per heavy atom. The maximum Gasteiger partial charge on any atom is 0.316 e. The molecule has 0 saturated carbocycles. The number of carbonyl (C=O) groups excluding carboxylic acids is 1. The SMILES string of the molecule is NC(=O)Nc1cccc(-c2cnc3cc(C4CCNCC4)cnn23)c1. The lowest BCUT2D eigenvalue weighted by molar-refractivity contribution is 0.259. The van der Waals surface area contributed by atoms with E-state index in [0.717, 1.165) is 42.8 Å². The van der Waals surface area contributed by atoms with Gasteiger partial charge in [-0.15, -0.1) is 0 Å². The first-order valence-electron chi connectivity index (χ1n) is 8.42. The zero-order chi connectivity index (χ0) is 17.2. The Kier molecular flexibility index (Phi) is 4.07. The lowest BCUT2D eigenvalue weighted by atomic mass is 9.92. The molecule has 0 radical (unpaired) electrons.